The Morgan fingerprint density at radius 3 is 3.14 bits per heavy atom. The van der Waals surface area contributed by atoms with Gasteiger partial charge >= 0.3 is 0 Å². The van der Waals surface area contributed by atoms with Crippen molar-refractivity contribution >= 4 is 16.9 Å². The molecule has 0 saturated carbocycles. The van der Waals surface area contributed by atoms with Gasteiger partial charge in [-0.3, -0.25) is 0 Å². The summed E-state index contributed by atoms with van der Waals surface area (Å²) in [4.78, 5) is 4.08. The molecule has 0 saturated heterocycles. The Morgan fingerprint density at radius 1 is 1.71 bits per heavy atom. The zero-order chi connectivity index (χ0) is 10.4. The monoisotopic (exact) mass is 213 g/mol. The highest BCUT2D eigenvalue weighted by Crippen LogP contribution is 2.11. The maximum Gasteiger partial charge on any atom is 0.177 e. The fourth-order valence-corrected chi connectivity index (χ4v) is 1.71. The van der Waals surface area contributed by atoms with Gasteiger partial charge in [0.25, 0.3) is 0 Å². The van der Waals surface area contributed by atoms with Crippen molar-refractivity contribution in [3.05, 3.63) is 18.2 Å². The number of amidine groups is 1. The number of rotatable bonds is 4. The van der Waals surface area contributed by atoms with E-state index in [1.807, 2.05) is 12.5 Å². The van der Waals surface area contributed by atoms with Gasteiger partial charge in [0.05, 0.1) is 6.33 Å². The number of imidazole rings is 1. The van der Waals surface area contributed by atoms with E-state index in [1.54, 1.807) is 0 Å². The highest BCUT2D eigenvalue weighted by Gasteiger charge is 2.02. The minimum atomic E-state index is 0.397. The molecule has 0 atom stereocenters. The lowest BCUT2D eigenvalue weighted by Gasteiger charge is -2.05. The first-order chi connectivity index (χ1) is 6.77. The molecule has 0 aliphatic rings. The molecule has 1 aromatic rings. The van der Waals surface area contributed by atoms with Crippen molar-refractivity contribution in [1.82, 2.24) is 9.55 Å². The van der Waals surface area contributed by atoms with Gasteiger partial charge in [0.2, 0.25) is 0 Å². The van der Waals surface area contributed by atoms with E-state index in [0.717, 1.165) is 24.4 Å². The predicted octanol–water partition coefficient (Wildman–Crippen LogP) is 0.715. The molecule has 14 heavy (non-hydrogen) atoms. The maximum absolute atomic E-state index is 5.47. The minimum absolute atomic E-state index is 0.397. The van der Waals surface area contributed by atoms with Gasteiger partial charge in [0, 0.05) is 24.2 Å². The first-order valence-corrected chi connectivity index (χ1v) is 5.41. The van der Waals surface area contributed by atoms with E-state index >= 15 is 0 Å². The third kappa shape index (κ3) is 2.95. The predicted molar refractivity (Wildman–Crippen MR) is 59.6 cm³/mol. The van der Waals surface area contributed by atoms with Crippen molar-refractivity contribution in [3.63, 3.8) is 0 Å². The molecular weight excluding hydrogens is 198 g/mol. The summed E-state index contributed by atoms with van der Waals surface area (Å²) in [6.07, 6.45) is 4.76. The molecule has 5 nitrogen and oxygen atoms in total. The smallest absolute Gasteiger partial charge is 0.177 e. The molecule has 0 bridgehead atoms. The second-order valence-electron chi connectivity index (χ2n) is 2.83. The van der Waals surface area contributed by atoms with Gasteiger partial charge in [0.1, 0.15) is 0 Å². The van der Waals surface area contributed by atoms with Crippen LogP contribution in [0.25, 0.3) is 0 Å². The zero-order valence-corrected chi connectivity index (χ0v) is 9.00. The molecule has 0 spiro atoms. The van der Waals surface area contributed by atoms with Crippen LogP contribution < -0.4 is 11.6 Å². The Balaban J connectivity index is 2.53. The van der Waals surface area contributed by atoms with E-state index in [2.05, 4.69) is 21.6 Å². The van der Waals surface area contributed by atoms with Crippen LogP contribution in [0.5, 0.6) is 0 Å². The number of aromatic nitrogens is 2. The number of aryl methyl sites for hydroxylation is 1. The first-order valence-electron chi connectivity index (χ1n) is 4.43. The summed E-state index contributed by atoms with van der Waals surface area (Å²) in [6.45, 7) is 3.11. The number of hydrogen-bond donors (Lipinski definition) is 2. The van der Waals surface area contributed by atoms with Crippen molar-refractivity contribution in [3.8, 4) is 0 Å². The zero-order valence-electron chi connectivity index (χ0n) is 8.18. The molecular formula is C8H15N5S. The maximum atomic E-state index is 5.47. The molecule has 4 N–H and O–H groups in total. The first kappa shape index (κ1) is 10.9. The summed E-state index contributed by atoms with van der Waals surface area (Å²) >= 11 is 1.42. The van der Waals surface area contributed by atoms with Crippen molar-refractivity contribution in [1.29, 1.82) is 0 Å². The summed E-state index contributed by atoms with van der Waals surface area (Å²) in [7, 11) is 0. The average Bonchev–Trinajstić information content (AvgIpc) is 2.62. The van der Waals surface area contributed by atoms with Crippen LogP contribution in [0, 0.1) is 0 Å². The van der Waals surface area contributed by atoms with Crippen LogP contribution in [-0.2, 0) is 12.3 Å². The fraction of sp³-hybridized carbons (Fsp3) is 0.500. The molecule has 1 aromatic heterocycles. The van der Waals surface area contributed by atoms with Gasteiger partial charge in [0.15, 0.2) is 5.17 Å². The lowest BCUT2D eigenvalue weighted by Crippen LogP contribution is -2.10. The van der Waals surface area contributed by atoms with Crippen molar-refractivity contribution in [2.24, 2.45) is 16.7 Å². The van der Waals surface area contributed by atoms with Crippen LogP contribution in [0.3, 0.4) is 0 Å². The van der Waals surface area contributed by atoms with E-state index in [9.17, 15) is 0 Å². The minimum Gasteiger partial charge on any atom is -0.377 e. The van der Waals surface area contributed by atoms with E-state index in [1.165, 1.54) is 11.8 Å². The second kappa shape index (κ2) is 5.54. The van der Waals surface area contributed by atoms with Crippen LogP contribution >= 0.6 is 11.8 Å². The lowest BCUT2D eigenvalue weighted by atomic mass is 10.4. The second-order valence-corrected chi connectivity index (χ2v) is 3.83. The Hall–Kier alpha value is -1.17. The number of nitrogens with two attached hydrogens (primary N) is 2. The van der Waals surface area contributed by atoms with Crippen LogP contribution in [0.1, 0.15) is 19.0 Å². The highest BCUT2D eigenvalue weighted by molar-refractivity contribution is 8.13. The Bertz CT molecular complexity index is 306. The Labute approximate surface area is 87.6 Å². The summed E-state index contributed by atoms with van der Waals surface area (Å²) < 4.78 is 2.11. The normalized spacial score (nSPS) is 11.9. The number of hydrazone groups is 1. The van der Waals surface area contributed by atoms with Crippen molar-refractivity contribution in [2.75, 3.05) is 0 Å². The van der Waals surface area contributed by atoms with E-state index in [-0.39, 0.29) is 0 Å². The molecule has 1 heterocycles. The third-order valence-electron chi connectivity index (χ3n) is 1.76. The number of thioether (sulfide) groups is 1. The van der Waals surface area contributed by atoms with Crippen LogP contribution in [0.2, 0.25) is 0 Å². The van der Waals surface area contributed by atoms with Gasteiger partial charge in [-0.25, -0.2) is 4.98 Å². The van der Waals surface area contributed by atoms with Crippen LogP contribution in [0.15, 0.2) is 17.6 Å². The van der Waals surface area contributed by atoms with Crippen molar-refractivity contribution < 1.29 is 0 Å². The number of hydrogen-bond acceptors (Lipinski definition) is 4. The largest absolute Gasteiger partial charge is 0.377 e. The Kier molecular flexibility index (Phi) is 4.31. The third-order valence-corrected chi connectivity index (χ3v) is 2.60. The Morgan fingerprint density at radius 2 is 2.50 bits per heavy atom. The summed E-state index contributed by atoms with van der Waals surface area (Å²) in [5.74, 6) is 5.78. The molecule has 0 aliphatic carbocycles. The summed E-state index contributed by atoms with van der Waals surface area (Å²) in [5, 5.41) is 3.79. The standard InChI is InChI=1S/C8H15N5S/c1-2-3-13-6-11-4-7(13)5-14-8(9)12-10/h4,6H,2-3,5,10H2,1H3,(H2,9,12). The molecule has 0 fully saturated rings. The van der Waals surface area contributed by atoms with Crippen molar-refractivity contribution in [2.45, 2.75) is 25.6 Å². The SMILES string of the molecule is CCCn1cncc1CSC(N)=NN. The molecule has 0 aliphatic heterocycles. The highest BCUT2D eigenvalue weighted by atomic mass is 32.2. The topological polar surface area (TPSA) is 82.2 Å². The van der Waals surface area contributed by atoms with Gasteiger partial charge in [-0.1, -0.05) is 18.7 Å². The van der Waals surface area contributed by atoms with E-state index in [0.29, 0.717) is 5.17 Å². The molecule has 6 heteroatoms. The fourth-order valence-electron chi connectivity index (χ4n) is 1.10. The molecule has 0 aromatic carbocycles. The lowest BCUT2D eigenvalue weighted by molar-refractivity contribution is 0.660. The van der Waals surface area contributed by atoms with Crippen LogP contribution in [0.4, 0.5) is 0 Å². The van der Waals surface area contributed by atoms with Gasteiger partial charge in [-0.2, -0.15) is 5.10 Å². The van der Waals surface area contributed by atoms with Gasteiger partial charge < -0.3 is 16.1 Å². The van der Waals surface area contributed by atoms with E-state index in [4.69, 9.17) is 11.6 Å². The quantitative estimate of drug-likeness (QED) is 0.334. The van der Waals surface area contributed by atoms with E-state index < -0.39 is 0 Å². The summed E-state index contributed by atoms with van der Waals surface area (Å²) in [5.41, 5.74) is 6.61. The number of nitrogens with zero attached hydrogens (tertiary/aromatic N) is 3. The molecule has 0 unspecified atom stereocenters. The van der Waals surface area contributed by atoms with Gasteiger partial charge in [-0.05, 0) is 6.42 Å². The van der Waals surface area contributed by atoms with Gasteiger partial charge in [-0.15, -0.1) is 0 Å². The molecule has 78 valence electrons. The summed E-state index contributed by atoms with van der Waals surface area (Å²) in [6, 6.07) is 0. The molecule has 0 radical (unpaired) electrons. The molecule has 1 rings (SSSR count). The van der Waals surface area contributed by atoms with Crippen LogP contribution in [-0.4, -0.2) is 14.7 Å². The average molecular weight is 213 g/mol. The molecule has 0 amide bonds.